The van der Waals surface area contributed by atoms with Gasteiger partial charge in [0.2, 0.25) is 0 Å². The van der Waals surface area contributed by atoms with E-state index in [4.69, 9.17) is 16.0 Å². The van der Waals surface area contributed by atoms with Crippen LogP contribution >= 0.6 is 11.6 Å². The third-order valence-corrected chi connectivity index (χ3v) is 11.5. The first-order valence-corrected chi connectivity index (χ1v) is 18.8. The molecule has 4 nitrogen and oxygen atoms in total. The van der Waals surface area contributed by atoms with Gasteiger partial charge in [-0.2, -0.15) is 0 Å². The highest BCUT2D eigenvalue weighted by Gasteiger charge is 2.31. The Hall–Kier alpha value is -6.01. The SMILES string of the molecule is Clc1cccc2c1oc1cccc(-c3cc(C4NC(c5ccc6ccccc6c5)NC(c5ccc6ccc7ccccc7c6c5)N4)cc4ccccc34)c12. The second kappa shape index (κ2) is 12.6. The topological polar surface area (TPSA) is 49.2 Å². The Bertz CT molecular complexity index is 3090. The van der Waals surface area contributed by atoms with Gasteiger partial charge < -0.3 is 4.42 Å². The van der Waals surface area contributed by atoms with Crippen LogP contribution in [0, 0.1) is 0 Å². The number of para-hydroxylation sites is 1. The molecular weight excluding hydrogens is 682 g/mol. The van der Waals surface area contributed by atoms with Gasteiger partial charge in [-0.15, -0.1) is 0 Å². The average Bonchev–Trinajstić information content (AvgIpc) is 3.63. The highest BCUT2D eigenvalue weighted by Crippen LogP contribution is 2.42. The molecule has 1 fully saturated rings. The van der Waals surface area contributed by atoms with Crippen molar-refractivity contribution < 1.29 is 4.42 Å². The molecule has 9 aromatic carbocycles. The first kappa shape index (κ1) is 31.5. The number of furan rings is 1. The average molecular weight is 716 g/mol. The lowest BCUT2D eigenvalue weighted by atomic mass is 9.91. The quantitative estimate of drug-likeness (QED) is 0.159. The Balaban J connectivity index is 1.08. The van der Waals surface area contributed by atoms with Crippen LogP contribution in [0.5, 0.6) is 0 Å². The zero-order valence-electron chi connectivity index (χ0n) is 29.2. The molecule has 1 saturated heterocycles. The number of benzene rings is 9. The van der Waals surface area contributed by atoms with E-state index < -0.39 is 0 Å². The fourth-order valence-corrected chi connectivity index (χ4v) is 8.78. The summed E-state index contributed by atoms with van der Waals surface area (Å²) in [6, 6.07) is 60.9. The van der Waals surface area contributed by atoms with Crippen LogP contribution in [0.15, 0.2) is 174 Å². The van der Waals surface area contributed by atoms with Gasteiger partial charge in [-0.25, -0.2) is 0 Å². The van der Waals surface area contributed by atoms with Crippen LogP contribution in [-0.2, 0) is 0 Å². The van der Waals surface area contributed by atoms with Crippen LogP contribution in [0.2, 0.25) is 5.02 Å². The summed E-state index contributed by atoms with van der Waals surface area (Å²) in [6.45, 7) is 0. The van der Waals surface area contributed by atoms with Crippen molar-refractivity contribution in [1.29, 1.82) is 0 Å². The van der Waals surface area contributed by atoms with E-state index >= 15 is 0 Å². The van der Waals surface area contributed by atoms with E-state index in [1.807, 2.05) is 18.2 Å². The minimum absolute atomic E-state index is 0.132. The van der Waals surface area contributed by atoms with Crippen molar-refractivity contribution in [2.75, 3.05) is 0 Å². The van der Waals surface area contributed by atoms with Gasteiger partial charge in [0, 0.05) is 10.8 Å². The Morgan fingerprint density at radius 2 is 0.963 bits per heavy atom. The van der Waals surface area contributed by atoms with Crippen molar-refractivity contribution in [1.82, 2.24) is 16.0 Å². The van der Waals surface area contributed by atoms with E-state index in [9.17, 15) is 0 Å². The molecule has 54 heavy (non-hydrogen) atoms. The molecule has 258 valence electrons. The van der Waals surface area contributed by atoms with Gasteiger partial charge in [-0.1, -0.05) is 145 Å². The molecule has 3 N–H and O–H groups in total. The van der Waals surface area contributed by atoms with Gasteiger partial charge in [0.1, 0.15) is 5.58 Å². The maximum atomic E-state index is 6.65. The van der Waals surface area contributed by atoms with Crippen LogP contribution in [0.3, 0.4) is 0 Å². The molecule has 0 amide bonds. The fourth-order valence-electron chi connectivity index (χ4n) is 8.57. The summed E-state index contributed by atoms with van der Waals surface area (Å²) in [5.41, 5.74) is 7.32. The molecule has 1 aliphatic rings. The normalized spacial score (nSPS) is 17.7. The zero-order valence-corrected chi connectivity index (χ0v) is 29.9. The monoisotopic (exact) mass is 715 g/mol. The smallest absolute Gasteiger partial charge is 0.154 e. The Kier molecular flexibility index (Phi) is 7.32. The molecule has 2 heterocycles. The van der Waals surface area contributed by atoms with E-state index in [0.29, 0.717) is 10.6 Å². The van der Waals surface area contributed by atoms with Crippen molar-refractivity contribution in [2.45, 2.75) is 18.5 Å². The van der Waals surface area contributed by atoms with E-state index in [-0.39, 0.29) is 18.5 Å². The van der Waals surface area contributed by atoms with Crippen LogP contribution < -0.4 is 16.0 Å². The van der Waals surface area contributed by atoms with E-state index in [0.717, 1.165) is 33.0 Å². The molecular formula is C49H34ClN3O. The molecule has 10 aromatic rings. The Morgan fingerprint density at radius 1 is 0.389 bits per heavy atom. The number of hydrogen-bond acceptors (Lipinski definition) is 4. The lowest BCUT2D eigenvalue weighted by molar-refractivity contribution is 0.203. The van der Waals surface area contributed by atoms with Crippen LogP contribution in [0.4, 0.5) is 0 Å². The van der Waals surface area contributed by atoms with E-state index in [2.05, 4.69) is 168 Å². The number of nitrogens with one attached hydrogen (secondary N) is 3. The van der Waals surface area contributed by atoms with Gasteiger partial charge >= 0.3 is 0 Å². The summed E-state index contributed by atoms with van der Waals surface area (Å²) >= 11 is 6.65. The van der Waals surface area contributed by atoms with Gasteiger partial charge in [-0.3, -0.25) is 16.0 Å². The fraction of sp³-hybridized carbons (Fsp3) is 0.0612. The van der Waals surface area contributed by atoms with E-state index in [1.165, 1.54) is 54.2 Å². The molecule has 1 aliphatic heterocycles. The second-order valence-electron chi connectivity index (χ2n) is 14.4. The first-order valence-electron chi connectivity index (χ1n) is 18.5. The van der Waals surface area contributed by atoms with E-state index in [1.54, 1.807) is 0 Å². The standard InChI is InChI=1S/C49H34ClN3O/c50-43-17-7-16-40-45-39(15-8-18-44(45)54-46(40)43)42-28-36(26-33-12-4-6-14-38(33)42)49-52-47(34-23-19-29-9-1-2-11-32(29)25-34)51-48(53-49)35-24-22-31-21-20-30-10-3-5-13-37(30)41(31)27-35/h1-28,47-49,51-53H. The van der Waals surface area contributed by atoms with Crippen LogP contribution in [0.25, 0.3) is 76.2 Å². The predicted octanol–water partition coefficient (Wildman–Crippen LogP) is 12.7. The summed E-state index contributed by atoms with van der Waals surface area (Å²) < 4.78 is 6.35. The lowest BCUT2D eigenvalue weighted by Gasteiger charge is -2.40. The molecule has 3 atom stereocenters. The summed E-state index contributed by atoms with van der Waals surface area (Å²) in [7, 11) is 0. The number of rotatable bonds is 4. The second-order valence-corrected chi connectivity index (χ2v) is 14.8. The minimum Gasteiger partial charge on any atom is -0.454 e. The van der Waals surface area contributed by atoms with Crippen LogP contribution in [-0.4, -0.2) is 0 Å². The largest absolute Gasteiger partial charge is 0.454 e. The van der Waals surface area contributed by atoms with Gasteiger partial charge in [0.15, 0.2) is 5.58 Å². The van der Waals surface area contributed by atoms with Crippen molar-refractivity contribution in [2.24, 2.45) is 0 Å². The van der Waals surface area contributed by atoms with Crippen molar-refractivity contribution in [3.63, 3.8) is 0 Å². The molecule has 5 heteroatoms. The number of halogens is 1. The molecule has 0 saturated carbocycles. The summed E-state index contributed by atoms with van der Waals surface area (Å²) in [6.07, 6.45) is -0.462. The minimum atomic E-state index is -0.186. The maximum Gasteiger partial charge on any atom is 0.154 e. The third-order valence-electron chi connectivity index (χ3n) is 11.2. The Morgan fingerprint density at radius 3 is 1.78 bits per heavy atom. The summed E-state index contributed by atoms with van der Waals surface area (Å²) in [5, 5.41) is 24.4. The number of fused-ring (bicyclic) bond motifs is 8. The first-order chi connectivity index (χ1) is 26.6. The van der Waals surface area contributed by atoms with Gasteiger partial charge in [0.25, 0.3) is 0 Å². The molecule has 1 aromatic heterocycles. The zero-order chi connectivity index (χ0) is 35.8. The maximum absolute atomic E-state index is 6.65. The van der Waals surface area contributed by atoms with Crippen LogP contribution in [0.1, 0.15) is 35.2 Å². The highest BCUT2D eigenvalue weighted by atomic mass is 35.5. The predicted molar refractivity (Wildman–Crippen MR) is 225 cm³/mol. The summed E-state index contributed by atoms with van der Waals surface area (Å²) in [4.78, 5) is 0. The lowest BCUT2D eigenvalue weighted by Crippen LogP contribution is -2.54. The molecule has 0 spiro atoms. The Labute approximate surface area is 317 Å². The highest BCUT2D eigenvalue weighted by molar-refractivity contribution is 6.36. The van der Waals surface area contributed by atoms with Crippen molar-refractivity contribution >= 4 is 76.6 Å². The molecule has 11 rings (SSSR count). The van der Waals surface area contributed by atoms with Gasteiger partial charge in [-0.05, 0) is 107 Å². The number of hydrogen-bond donors (Lipinski definition) is 3. The molecule has 0 aliphatic carbocycles. The molecule has 3 unspecified atom stereocenters. The summed E-state index contributed by atoms with van der Waals surface area (Å²) in [5.74, 6) is 0. The molecule has 0 radical (unpaired) electrons. The van der Waals surface area contributed by atoms with Gasteiger partial charge in [0.05, 0.1) is 23.5 Å². The van der Waals surface area contributed by atoms with Crippen molar-refractivity contribution in [3.8, 4) is 11.1 Å². The molecule has 0 bridgehead atoms. The van der Waals surface area contributed by atoms with Crippen molar-refractivity contribution in [3.05, 3.63) is 192 Å². The third kappa shape index (κ3) is 5.19.